The van der Waals surface area contributed by atoms with Gasteiger partial charge in [-0.1, -0.05) is 29.8 Å². The van der Waals surface area contributed by atoms with Crippen LogP contribution in [0, 0.1) is 0 Å². The standard InChI is InChI=1S/C20H17ClF3N5O4S/c21-15-4-2-1-3-12(15)7-18(30)27-13-5-6-16(17(8-13)34(25,32)33)29-11-14(10-26-29)28-19(31)9-20(22,23)24/h1-6,8,10-11H,7,9H2,(H,27,30)(H,28,31)(H2,25,32,33). The molecular formula is C20H17ClF3N5O4S. The van der Waals surface area contributed by atoms with Crippen molar-refractivity contribution in [3.05, 3.63) is 65.4 Å². The Hall–Kier alpha value is -3.42. The topological polar surface area (TPSA) is 136 Å². The number of aromatic nitrogens is 2. The van der Waals surface area contributed by atoms with Crippen molar-refractivity contribution in [2.45, 2.75) is 23.9 Å². The highest BCUT2D eigenvalue weighted by Gasteiger charge is 2.31. The lowest BCUT2D eigenvalue weighted by atomic mass is 10.1. The van der Waals surface area contributed by atoms with Gasteiger partial charge >= 0.3 is 6.18 Å². The normalized spacial score (nSPS) is 11.8. The molecule has 0 spiro atoms. The Balaban J connectivity index is 1.82. The van der Waals surface area contributed by atoms with Crippen LogP contribution in [0.3, 0.4) is 0 Å². The van der Waals surface area contributed by atoms with E-state index in [-0.39, 0.29) is 23.5 Å². The van der Waals surface area contributed by atoms with Gasteiger partial charge in [0.25, 0.3) is 0 Å². The summed E-state index contributed by atoms with van der Waals surface area (Å²) in [5.41, 5.74) is 0.548. The summed E-state index contributed by atoms with van der Waals surface area (Å²) in [5, 5.41) is 14.1. The van der Waals surface area contributed by atoms with Crippen LogP contribution in [-0.4, -0.2) is 36.2 Å². The van der Waals surface area contributed by atoms with Crippen LogP contribution < -0.4 is 15.8 Å². The molecule has 0 atom stereocenters. The van der Waals surface area contributed by atoms with E-state index >= 15 is 0 Å². The molecule has 180 valence electrons. The first-order valence-electron chi connectivity index (χ1n) is 9.43. The molecule has 9 nitrogen and oxygen atoms in total. The number of nitrogens with zero attached hydrogens (tertiary/aromatic N) is 2. The van der Waals surface area contributed by atoms with Crippen LogP contribution >= 0.6 is 11.6 Å². The molecule has 1 heterocycles. The minimum Gasteiger partial charge on any atom is -0.326 e. The number of sulfonamides is 1. The number of alkyl halides is 3. The molecule has 3 aromatic rings. The first kappa shape index (κ1) is 25.2. The predicted molar refractivity (Wildman–Crippen MR) is 118 cm³/mol. The monoisotopic (exact) mass is 515 g/mol. The summed E-state index contributed by atoms with van der Waals surface area (Å²) in [4.78, 5) is 23.4. The first-order chi connectivity index (χ1) is 15.8. The van der Waals surface area contributed by atoms with Gasteiger partial charge in [-0.3, -0.25) is 9.59 Å². The minimum atomic E-state index is -4.69. The number of rotatable bonds is 7. The predicted octanol–water partition coefficient (Wildman–Crippen LogP) is 3.25. The Kier molecular flexibility index (Phi) is 7.29. The maximum Gasteiger partial charge on any atom is 0.397 e. The smallest absolute Gasteiger partial charge is 0.326 e. The molecule has 0 aliphatic heterocycles. The second-order valence-corrected chi connectivity index (χ2v) is 8.99. The van der Waals surface area contributed by atoms with Gasteiger partial charge in [-0.15, -0.1) is 0 Å². The van der Waals surface area contributed by atoms with Crippen LogP contribution in [0.4, 0.5) is 24.5 Å². The molecule has 3 rings (SSSR count). The molecule has 0 aliphatic carbocycles. The number of halogens is 4. The van der Waals surface area contributed by atoms with E-state index < -0.39 is 39.3 Å². The molecule has 14 heteroatoms. The number of hydrogen-bond donors (Lipinski definition) is 3. The average molecular weight is 516 g/mol. The molecule has 0 saturated heterocycles. The van der Waals surface area contributed by atoms with Crippen molar-refractivity contribution in [3.63, 3.8) is 0 Å². The number of benzene rings is 2. The SMILES string of the molecule is NS(=O)(=O)c1cc(NC(=O)Cc2ccccc2Cl)ccc1-n1cc(NC(=O)CC(F)(F)F)cn1. The summed E-state index contributed by atoms with van der Waals surface area (Å²) in [7, 11) is -4.31. The van der Waals surface area contributed by atoms with Crippen molar-refractivity contribution in [1.82, 2.24) is 9.78 Å². The van der Waals surface area contributed by atoms with E-state index in [1.165, 1.54) is 12.1 Å². The second kappa shape index (κ2) is 9.83. The molecular weight excluding hydrogens is 499 g/mol. The van der Waals surface area contributed by atoms with Gasteiger partial charge in [0.1, 0.15) is 11.3 Å². The van der Waals surface area contributed by atoms with Gasteiger partial charge in [-0.2, -0.15) is 18.3 Å². The maximum absolute atomic E-state index is 12.4. The lowest BCUT2D eigenvalue weighted by Crippen LogP contribution is -2.21. The van der Waals surface area contributed by atoms with Gasteiger partial charge in [0.2, 0.25) is 21.8 Å². The number of amides is 2. The number of anilines is 2. The van der Waals surface area contributed by atoms with E-state index in [0.717, 1.165) is 23.1 Å². The lowest BCUT2D eigenvalue weighted by molar-refractivity contribution is -0.150. The van der Waals surface area contributed by atoms with Crippen LogP contribution in [-0.2, 0) is 26.0 Å². The van der Waals surface area contributed by atoms with Crippen LogP contribution in [0.15, 0.2) is 59.8 Å². The third kappa shape index (κ3) is 6.79. The molecule has 0 bridgehead atoms. The maximum atomic E-state index is 12.4. The van der Waals surface area contributed by atoms with Crippen molar-refractivity contribution in [1.29, 1.82) is 0 Å². The molecule has 2 aromatic carbocycles. The fourth-order valence-corrected chi connectivity index (χ4v) is 3.88. The fraction of sp³-hybridized carbons (Fsp3) is 0.150. The Bertz CT molecular complexity index is 1340. The number of nitrogens with two attached hydrogens (primary N) is 1. The number of carbonyl (C=O) groups is 2. The summed E-state index contributed by atoms with van der Waals surface area (Å²) < 4.78 is 62.3. The summed E-state index contributed by atoms with van der Waals surface area (Å²) >= 11 is 6.04. The summed E-state index contributed by atoms with van der Waals surface area (Å²) in [6.07, 6.45) is -4.28. The van der Waals surface area contributed by atoms with Crippen LogP contribution in [0.1, 0.15) is 12.0 Å². The number of hydrogen-bond acceptors (Lipinski definition) is 5. The van der Waals surface area contributed by atoms with E-state index in [9.17, 15) is 31.2 Å². The largest absolute Gasteiger partial charge is 0.397 e. The lowest BCUT2D eigenvalue weighted by Gasteiger charge is -2.12. The first-order valence-corrected chi connectivity index (χ1v) is 11.4. The second-order valence-electron chi connectivity index (χ2n) is 7.06. The highest BCUT2D eigenvalue weighted by Crippen LogP contribution is 2.25. The van der Waals surface area contributed by atoms with Crippen LogP contribution in [0.2, 0.25) is 5.02 Å². The Morgan fingerprint density at radius 1 is 1.06 bits per heavy atom. The van der Waals surface area contributed by atoms with E-state index in [1.807, 2.05) is 5.32 Å². The highest BCUT2D eigenvalue weighted by atomic mass is 35.5. The zero-order valence-corrected chi connectivity index (χ0v) is 18.7. The number of nitrogens with one attached hydrogen (secondary N) is 2. The zero-order chi connectivity index (χ0) is 25.1. The average Bonchev–Trinajstić information content (AvgIpc) is 3.15. The number of primary sulfonamides is 1. The van der Waals surface area contributed by atoms with Crippen molar-refractivity contribution in [2.24, 2.45) is 5.14 Å². The van der Waals surface area contributed by atoms with E-state index in [4.69, 9.17) is 16.7 Å². The summed E-state index contributed by atoms with van der Waals surface area (Å²) in [6.45, 7) is 0. The third-order valence-corrected chi connectivity index (χ3v) is 5.64. The van der Waals surface area contributed by atoms with Gasteiger partial charge in [-0.25, -0.2) is 18.2 Å². The molecule has 2 amide bonds. The number of carbonyl (C=O) groups excluding carboxylic acids is 2. The van der Waals surface area contributed by atoms with Gasteiger partial charge < -0.3 is 10.6 Å². The van der Waals surface area contributed by atoms with E-state index in [1.54, 1.807) is 24.3 Å². The van der Waals surface area contributed by atoms with Crippen molar-refractivity contribution in [2.75, 3.05) is 10.6 Å². The van der Waals surface area contributed by atoms with Crippen molar-refractivity contribution >= 4 is 44.8 Å². The summed E-state index contributed by atoms with van der Waals surface area (Å²) in [5.74, 6) is -1.77. The highest BCUT2D eigenvalue weighted by molar-refractivity contribution is 7.89. The molecule has 1 aromatic heterocycles. The molecule has 0 aliphatic rings. The van der Waals surface area contributed by atoms with E-state index in [2.05, 4.69) is 10.4 Å². The van der Waals surface area contributed by atoms with Gasteiger partial charge in [0.05, 0.1) is 30.2 Å². The Morgan fingerprint density at radius 3 is 2.38 bits per heavy atom. The Morgan fingerprint density at radius 2 is 1.74 bits per heavy atom. The summed E-state index contributed by atoms with van der Waals surface area (Å²) in [6, 6.07) is 10.5. The molecule has 0 fully saturated rings. The third-order valence-electron chi connectivity index (χ3n) is 4.33. The molecule has 0 radical (unpaired) electrons. The zero-order valence-electron chi connectivity index (χ0n) is 17.1. The molecule has 0 saturated carbocycles. The van der Waals surface area contributed by atoms with Crippen molar-refractivity contribution < 1.29 is 31.2 Å². The van der Waals surface area contributed by atoms with Gasteiger partial charge in [0.15, 0.2) is 0 Å². The molecule has 34 heavy (non-hydrogen) atoms. The molecule has 0 unspecified atom stereocenters. The van der Waals surface area contributed by atoms with Crippen LogP contribution in [0.25, 0.3) is 5.69 Å². The fourth-order valence-electron chi connectivity index (χ4n) is 2.94. The molecule has 4 N–H and O–H groups in total. The van der Waals surface area contributed by atoms with Crippen molar-refractivity contribution in [3.8, 4) is 5.69 Å². The van der Waals surface area contributed by atoms with Gasteiger partial charge in [0, 0.05) is 10.7 Å². The quantitative estimate of drug-likeness (QED) is 0.444. The van der Waals surface area contributed by atoms with E-state index in [0.29, 0.717) is 10.6 Å². The van der Waals surface area contributed by atoms with Crippen LogP contribution in [0.5, 0.6) is 0 Å². The minimum absolute atomic E-state index is 0.0528. The van der Waals surface area contributed by atoms with Gasteiger partial charge in [-0.05, 0) is 29.8 Å². The Labute approximate surface area is 196 Å².